The van der Waals surface area contributed by atoms with Crippen molar-refractivity contribution in [2.45, 2.75) is 71.2 Å². The first-order valence-electron chi connectivity index (χ1n) is 7.10. The van der Waals surface area contributed by atoms with E-state index in [-0.39, 0.29) is 19.2 Å². The Kier molecular flexibility index (Phi) is 7.85. The molecule has 0 rings (SSSR count). The largest absolute Gasteiger partial charge is 0.463 e. The normalized spacial score (nSPS) is 14.3. The fraction of sp³-hybridized carbons (Fsp3) is 0.929. The van der Waals surface area contributed by atoms with Gasteiger partial charge in [0.15, 0.2) is 0 Å². The Morgan fingerprint density at radius 2 is 1.47 bits per heavy atom. The predicted molar refractivity (Wildman–Crippen MR) is 79.6 cm³/mol. The van der Waals surface area contributed by atoms with E-state index in [1.165, 1.54) is 6.92 Å². The zero-order chi connectivity index (χ0) is 15.2. The molecule has 0 fully saturated rings. The molecule has 0 aromatic rings. The van der Waals surface area contributed by atoms with Crippen LogP contribution >= 0.6 is 0 Å². The van der Waals surface area contributed by atoms with E-state index in [1.54, 1.807) is 0 Å². The Balaban J connectivity index is 5.01. The average Bonchev–Trinajstić information content (AvgIpc) is 2.27. The number of hydrogen-bond acceptors (Lipinski definition) is 4. The van der Waals surface area contributed by atoms with E-state index in [0.29, 0.717) is 16.6 Å². The quantitative estimate of drug-likeness (QED) is 0.551. The molecule has 0 unspecified atom stereocenters. The molecule has 0 spiro atoms. The number of carbonyl (C=O) groups excluding carboxylic acids is 1. The van der Waals surface area contributed by atoms with Gasteiger partial charge in [-0.1, -0.05) is 41.5 Å². The molecular formula is C14H30O4Si. The van der Waals surface area contributed by atoms with Gasteiger partial charge in [0.05, 0.1) is 6.61 Å². The van der Waals surface area contributed by atoms with Crippen molar-refractivity contribution < 1.29 is 19.1 Å². The van der Waals surface area contributed by atoms with Gasteiger partial charge in [0.1, 0.15) is 12.7 Å². The van der Waals surface area contributed by atoms with Crippen molar-refractivity contribution in [1.29, 1.82) is 0 Å². The van der Waals surface area contributed by atoms with Crippen LogP contribution in [-0.2, 0) is 14.0 Å². The minimum Gasteiger partial charge on any atom is -0.463 e. The Labute approximate surface area is 118 Å². The topological polar surface area (TPSA) is 55.8 Å². The molecule has 0 aromatic heterocycles. The van der Waals surface area contributed by atoms with E-state index in [9.17, 15) is 9.90 Å². The Hall–Kier alpha value is -0.393. The molecule has 5 heteroatoms. The van der Waals surface area contributed by atoms with Gasteiger partial charge < -0.3 is 14.3 Å². The smallest absolute Gasteiger partial charge is 0.302 e. The molecule has 0 bridgehead atoms. The van der Waals surface area contributed by atoms with Crippen molar-refractivity contribution in [1.82, 2.24) is 0 Å². The van der Waals surface area contributed by atoms with Gasteiger partial charge in [-0.15, -0.1) is 0 Å². The highest BCUT2D eigenvalue weighted by Gasteiger charge is 2.46. The van der Waals surface area contributed by atoms with Gasteiger partial charge in [-0.3, -0.25) is 4.79 Å². The number of ether oxygens (including phenoxy) is 1. The van der Waals surface area contributed by atoms with Crippen LogP contribution in [0.1, 0.15) is 48.5 Å². The molecule has 1 N–H and O–H groups in total. The molecule has 114 valence electrons. The molecule has 0 saturated heterocycles. The SMILES string of the molecule is CC(=O)OC[C@H](CO)O[Si](C(C)C)(C(C)C)C(C)C. The maximum absolute atomic E-state index is 10.9. The summed E-state index contributed by atoms with van der Waals surface area (Å²) in [5.74, 6) is -0.340. The zero-order valence-corrected chi connectivity index (χ0v) is 14.4. The van der Waals surface area contributed by atoms with Gasteiger partial charge in [0, 0.05) is 6.92 Å². The van der Waals surface area contributed by atoms with Crippen LogP contribution in [0.4, 0.5) is 0 Å². The van der Waals surface area contributed by atoms with Gasteiger partial charge in [0.2, 0.25) is 8.32 Å². The summed E-state index contributed by atoms with van der Waals surface area (Å²) < 4.78 is 11.3. The van der Waals surface area contributed by atoms with Crippen LogP contribution in [0, 0.1) is 0 Å². The van der Waals surface area contributed by atoms with E-state index >= 15 is 0 Å². The van der Waals surface area contributed by atoms with Crippen molar-refractivity contribution >= 4 is 14.3 Å². The summed E-state index contributed by atoms with van der Waals surface area (Å²) in [6.45, 7) is 14.5. The molecular weight excluding hydrogens is 260 g/mol. The molecule has 0 radical (unpaired) electrons. The highest BCUT2D eigenvalue weighted by Crippen LogP contribution is 2.42. The molecule has 0 heterocycles. The zero-order valence-electron chi connectivity index (χ0n) is 13.4. The van der Waals surface area contributed by atoms with Crippen LogP contribution in [0.25, 0.3) is 0 Å². The second kappa shape index (κ2) is 8.02. The Bertz CT molecular complexity index is 255. The highest BCUT2D eigenvalue weighted by atomic mass is 28.4. The molecule has 0 amide bonds. The summed E-state index contributed by atoms with van der Waals surface area (Å²) >= 11 is 0. The van der Waals surface area contributed by atoms with Gasteiger partial charge >= 0.3 is 5.97 Å². The first kappa shape index (κ1) is 18.6. The third kappa shape index (κ3) is 4.89. The lowest BCUT2D eigenvalue weighted by atomic mass is 10.4. The number of hydrogen-bond donors (Lipinski definition) is 1. The number of aliphatic hydroxyl groups is 1. The van der Waals surface area contributed by atoms with E-state index in [0.717, 1.165) is 0 Å². The van der Waals surface area contributed by atoms with Crippen LogP contribution < -0.4 is 0 Å². The summed E-state index contributed by atoms with van der Waals surface area (Å²) in [4.78, 5) is 10.9. The molecule has 1 atom stereocenters. The molecule has 0 aliphatic carbocycles. The molecule has 0 aliphatic rings. The van der Waals surface area contributed by atoms with Crippen molar-refractivity contribution in [3.05, 3.63) is 0 Å². The first-order chi connectivity index (χ1) is 8.68. The maximum atomic E-state index is 10.9. The predicted octanol–water partition coefficient (Wildman–Crippen LogP) is 3.10. The van der Waals surface area contributed by atoms with Crippen LogP contribution in [0.15, 0.2) is 0 Å². The van der Waals surface area contributed by atoms with Crippen LogP contribution in [0.2, 0.25) is 16.6 Å². The minimum absolute atomic E-state index is 0.117. The molecule has 19 heavy (non-hydrogen) atoms. The van der Waals surface area contributed by atoms with Crippen molar-refractivity contribution in [2.75, 3.05) is 13.2 Å². The second-order valence-corrected chi connectivity index (χ2v) is 11.4. The summed E-state index contributed by atoms with van der Waals surface area (Å²) in [5, 5.41) is 9.45. The fourth-order valence-electron chi connectivity index (χ4n) is 3.03. The Morgan fingerprint density at radius 1 is 1.05 bits per heavy atom. The average molecular weight is 290 g/mol. The van der Waals surface area contributed by atoms with E-state index in [4.69, 9.17) is 9.16 Å². The summed E-state index contributed by atoms with van der Waals surface area (Å²) in [6, 6.07) is 0. The number of carbonyl (C=O) groups is 1. The van der Waals surface area contributed by atoms with E-state index < -0.39 is 14.4 Å². The number of esters is 1. The summed E-state index contributed by atoms with van der Waals surface area (Å²) in [5.41, 5.74) is 1.33. The lowest BCUT2D eigenvalue weighted by Gasteiger charge is -2.44. The lowest BCUT2D eigenvalue weighted by Crippen LogP contribution is -2.51. The molecule has 4 nitrogen and oxygen atoms in total. The Morgan fingerprint density at radius 3 is 1.74 bits per heavy atom. The van der Waals surface area contributed by atoms with Crippen LogP contribution in [0.5, 0.6) is 0 Å². The van der Waals surface area contributed by atoms with Crippen LogP contribution in [-0.4, -0.2) is 38.7 Å². The summed E-state index contributed by atoms with van der Waals surface area (Å²) in [7, 11) is -2.03. The second-order valence-electron chi connectivity index (χ2n) is 6.04. The standard InChI is InChI=1S/C14H30O4Si/c1-10(2)19(11(3)4,12(5)6)18-14(8-15)9-17-13(7)16/h10-12,14-15H,8-9H2,1-7H3/t14-/m0/s1. The first-order valence-corrected chi connectivity index (χ1v) is 9.24. The number of aliphatic hydroxyl groups excluding tert-OH is 1. The van der Waals surface area contributed by atoms with Gasteiger partial charge in [-0.05, 0) is 16.6 Å². The maximum Gasteiger partial charge on any atom is 0.302 e. The van der Waals surface area contributed by atoms with Gasteiger partial charge in [0.25, 0.3) is 0 Å². The van der Waals surface area contributed by atoms with E-state index in [1.807, 2.05) is 0 Å². The molecule has 0 saturated carbocycles. The fourth-order valence-corrected chi connectivity index (χ4v) is 8.57. The van der Waals surface area contributed by atoms with Crippen molar-refractivity contribution in [3.63, 3.8) is 0 Å². The summed E-state index contributed by atoms with van der Waals surface area (Å²) in [6.07, 6.45) is -0.414. The van der Waals surface area contributed by atoms with Crippen molar-refractivity contribution in [2.24, 2.45) is 0 Å². The van der Waals surface area contributed by atoms with E-state index in [2.05, 4.69) is 41.5 Å². The monoisotopic (exact) mass is 290 g/mol. The highest BCUT2D eigenvalue weighted by molar-refractivity contribution is 6.77. The van der Waals surface area contributed by atoms with Gasteiger partial charge in [-0.25, -0.2) is 0 Å². The minimum atomic E-state index is -2.03. The third-order valence-electron chi connectivity index (χ3n) is 3.75. The van der Waals surface area contributed by atoms with Gasteiger partial charge in [-0.2, -0.15) is 0 Å². The van der Waals surface area contributed by atoms with Crippen LogP contribution in [0.3, 0.4) is 0 Å². The third-order valence-corrected chi connectivity index (χ3v) is 9.91. The lowest BCUT2D eigenvalue weighted by molar-refractivity contribution is -0.144. The molecule has 0 aromatic carbocycles. The van der Waals surface area contributed by atoms with Crippen molar-refractivity contribution in [3.8, 4) is 0 Å². The molecule has 0 aliphatic heterocycles. The number of rotatable bonds is 8.